The number of hydrogen-bond donors (Lipinski definition) is 3. The number of carbonyl (C=O) groups excluding carboxylic acids is 1. The molecular formula is C13H11N5OS. The number of anilines is 2. The van der Waals surface area contributed by atoms with Gasteiger partial charge in [-0.2, -0.15) is 0 Å². The van der Waals surface area contributed by atoms with Crippen molar-refractivity contribution < 1.29 is 4.79 Å². The second-order valence-electron chi connectivity index (χ2n) is 4.05. The minimum Gasteiger partial charge on any atom is -0.323 e. The average Bonchev–Trinajstić information content (AvgIpc) is 2.94. The highest BCUT2D eigenvalue weighted by Crippen LogP contribution is 2.22. The topological polar surface area (TPSA) is 92.9 Å². The highest BCUT2D eigenvalue weighted by atomic mass is 32.1. The van der Waals surface area contributed by atoms with Gasteiger partial charge in [-0.3, -0.25) is 15.6 Å². The Labute approximate surface area is 118 Å². The molecule has 0 spiro atoms. The summed E-state index contributed by atoms with van der Waals surface area (Å²) >= 11 is 1.52. The molecule has 3 aromatic rings. The molecule has 3 rings (SSSR count). The van der Waals surface area contributed by atoms with Gasteiger partial charge in [-0.25, -0.2) is 4.98 Å². The summed E-state index contributed by atoms with van der Waals surface area (Å²) in [6, 6.07) is 7.21. The van der Waals surface area contributed by atoms with E-state index in [1.165, 1.54) is 17.5 Å². The van der Waals surface area contributed by atoms with Crippen molar-refractivity contribution in [2.75, 3.05) is 10.7 Å². The van der Waals surface area contributed by atoms with E-state index in [9.17, 15) is 4.79 Å². The first-order valence-electron chi connectivity index (χ1n) is 5.83. The zero-order chi connectivity index (χ0) is 13.9. The van der Waals surface area contributed by atoms with Gasteiger partial charge in [0.05, 0.1) is 27.0 Å². The second-order valence-corrected chi connectivity index (χ2v) is 4.94. The lowest BCUT2D eigenvalue weighted by Gasteiger charge is -2.08. The summed E-state index contributed by atoms with van der Waals surface area (Å²) in [6.07, 6.45) is 3.03. The number of rotatable bonds is 3. The number of nitrogens with two attached hydrogens (primary N) is 1. The summed E-state index contributed by atoms with van der Waals surface area (Å²) in [5, 5.41) is 2.82. The molecule has 0 bridgehead atoms. The number of nitrogens with one attached hydrogen (secondary N) is 2. The molecule has 0 fully saturated rings. The Kier molecular flexibility index (Phi) is 3.28. The molecule has 0 aliphatic heterocycles. The first kappa shape index (κ1) is 12.5. The van der Waals surface area contributed by atoms with Crippen LogP contribution in [0.15, 0.2) is 42.2 Å². The second kappa shape index (κ2) is 5.24. The summed E-state index contributed by atoms with van der Waals surface area (Å²) in [6.45, 7) is 0. The monoisotopic (exact) mass is 285 g/mol. The maximum Gasteiger partial charge on any atom is 0.259 e. The molecular weight excluding hydrogens is 274 g/mol. The summed E-state index contributed by atoms with van der Waals surface area (Å²) < 4.78 is 1.02. The lowest BCUT2D eigenvalue weighted by Crippen LogP contribution is -2.17. The van der Waals surface area contributed by atoms with Crippen LogP contribution in [-0.4, -0.2) is 15.9 Å². The maximum absolute atomic E-state index is 12.2. The molecule has 6 nitrogen and oxygen atoms in total. The molecule has 100 valence electrons. The lowest BCUT2D eigenvalue weighted by molar-refractivity contribution is 0.102. The van der Waals surface area contributed by atoms with Crippen molar-refractivity contribution in [2.24, 2.45) is 5.84 Å². The minimum absolute atomic E-state index is 0.269. The SMILES string of the molecule is NNc1ccncc1C(=O)Nc1ccc2ncsc2c1. The van der Waals surface area contributed by atoms with E-state index in [-0.39, 0.29) is 5.91 Å². The number of benzene rings is 1. The molecule has 0 aliphatic carbocycles. The van der Waals surface area contributed by atoms with Crippen molar-refractivity contribution in [3.8, 4) is 0 Å². The standard InChI is InChI=1S/C13H11N5OS/c14-18-10-3-4-15-6-9(10)13(19)17-8-1-2-11-12(5-8)20-7-16-11/h1-7H,14H2,(H,15,18)(H,17,19). The molecule has 1 amide bonds. The Bertz CT molecular complexity index is 770. The third-order valence-corrected chi connectivity index (χ3v) is 3.60. The van der Waals surface area contributed by atoms with E-state index in [4.69, 9.17) is 5.84 Å². The van der Waals surface area contributed by atoms with Crippen LogP contribution in [0.25, 0.3) is 10.2 Å². The van der Waals surface area contributed by atoms with Crippen LogP contribution >= 0.6 is 11.3 Å². The molecule has 2 aromatic heterocycles. The zero-order valence-electron chi connectivity index (χ0n) is 10.3. The number of fused-ring (bicyclic) bond motifs is 1. The van der Waals surface area contributed by atoms with E-state index in [2.05, 4.69) is 20.7 Å². The number of pyridine rings is 1. The van der Waals surface area contributed by atoms with Crippen molar-refractivity contribution in [1.29, 1.82) is 0 Å². The van der Waals surface area contributed by atoms with Crippen LogP contribution in [0.3, 0.4) is 0 Å². The molecule has 20 heavy (non-hydrogen) atoms. The number of nitrogen functional groups attached to an aromatic ring is 1. The molecule has 0 atom stereocenters. The van der Waals surface area contributed by atoms with Gasteiger partial charge in [-0.05, 0) is 24.3 Å². The summed E-state index contributed by atoms with van der Waals surface area (Å²) in [4.78, 5) is 20.3. The van der Waals surface area contributed by atoms with Gasteiger partial charge in [0.2, 0.25) is 0 Å². The van der Waals surface area contributed by atoms with Gasteiger partial charge in [-0.15, -0.1) is 11.3 Å². The predicted octanol–water partition coefficient (Wildman–Crippen LogP) is 2.23. The third kappa shape index (κ3) is 2.31. The van der Waals surface area contributed by atoms with Crippen molar-refractivity contribution >= 4 is 38.8 Å². The van der Waals surface area contributed by atoms with Gasteiger partial charge in [0.1, 0.15) is 0 Å². The summed E-state index contributed by atoms with van der Waals surface area (Å²) in [5.74, 6) is 5.11. The van der Waals surface area contributed by atoms with E-state index >= 15 is 0 Å². The fourth-order valence-corrected chi connectivity index (χ4v) is 2.55. The quantitative estimate of drug-likeness (QED) is 0.507. The molecule has 4 N–H and O–H groups in total. The molecule has 0 radical (unpaired) electrons. The molecule has 2 heterocycles. The van der Waals surface area contributed by atoms with Crippen molar-refractivity contribution in [3.05, 3.63) is 47.7 Å². The average molecular weight is 285 g/mol. The Hall–Kier alpha value is -2.51. The van der Waals surface area contributed by atoms with Crippen LogP contribution in [0.4, 0.5) is 11.4 Å². The summed E-state index contributed by atoms with van der Waals surface area (Å²) in [7, 11) is 0. The fourth-order valence-electron chi connectivity index (χ4n) is 1.83. The number of aromatic nitrogens is 2. The number of carbonyl (C=O) groups is 1. The Morgan fingerprint density at radius 3 is 3.05 bits per heavy atom. The third-order valence-electron chi connectivity index (χ3n) is 2.81. The number of thiazole rings is 1. The largest absolute Gasteiger partial charge is 0.323 e. The van der Waals surface area contributed by atoms with Gasteiger partial charge in [0, 0.05) is 18.1 Å². The predicted molar refractivity (Wildman–Crippen MR) is 79.6 cm³/mol. The van der Waals surface area contributed by atoms with Crippen molar-refractivity contribution in [1.82, 2.24) is 9.97 Å². The number of nitrogens with zero attached hydrogens (tertiary/aromatic N) is 2. The van der Waals surface area contributed by atoms with E-state index < -0.39 is 0 Å². The van der Waals surface area contributed by atoms with Gasteiger partial charge >= 0.3 is 0 Å². The van der Waals surface area contributed by atoms with Crippen LogP contribution in [0.5, 0.6) is 0 Å². The molecule has 0 saturated heterocycles. The van der Waals surface area contributed by atoms with Crippen LogP contribution in [0.2, 0.25) is 0 Å². The van der Waals surface area contributed by atoms with Gasteiger partial charge in [0.25, 0.3) is 5.91 Å². The van der Waals surface area contributed by atoms with E-state index in [0.717, 1.165) is 10.2 Å². The van der Waals surface area contributed by atoms with Gasteiger partial charge in [-0.1, -0.05) is 0 Å². The fraction of sp³-hybridized carbons (Fsp3) is 0. The zero-order valence-corrected chi connectivity index (χ0v) is 11.1. The number of amides is 1. The first-order valence-corrected chi connectivity index (χ1v) is 6.71. The molecule has 0 saturated carbocycles. The maximum atomic E-state index is 12.2. The van der Waals surface area contributed by atoms with Gasteiger partial charge in [0.15, 0.2) is 0 Å². The molecule has 7 heteroatoms. The molecule has 0 unspecified atom stereocenters. The highest BCUT2D eigenvalue weighted by Gasteiger charge is 2.11. The Morgan fingerprint density at radius 2 is 2.20 bits per heavy atom. The minimum atomic E-state index is -0.269. The van der Waals surface area contributed by atoms with E-state index in [0.29, 0.717) is 16.9 Å². The van der Waals surface area contributed by atoms with Crippen LogP contribution in [-0.2, 0) is 0 Å². The normalized spacial score (nSPS) is 10.4. The van der Waals surface area contributed by atoms with Gasteiger partial charge < -0.3 is 10.7 Å². The Morgan fingerprint density at radius 1 is 1.30 bits per heavy atom. The van der Waals surface area contributed by atoms with E-state index in [1.807, 2.05) is 18.2 Å². The van der Waals surface area contributed by atoms with Crippen LogP contribution in [0, 0.1) is 0 Å². The van der Waals surface area contributed by atoms with Crippen LogP contribution in [0.1, 0.15) is 10.4 Å². The highest BCUT2D eigenvalue weighted by molar-refractivity contribution is 7.16. The lowest BCUT2D eigenvalue weighted by atomic mass is 10.2. The number of hydrazine groups is 1. The number of hydrogen-bond acceptors (Lipinski definition) is 6. The van der Waals surface area contributed by atoms with Crippen molar-refractivity contribution in [3.63, 3.8) is 0 Å². The Balaban J connectivity index is 1.88. The summed E-state index contributed by atoms with van der Waals surface area (Å²) in [5.41, 5.74) is 6.79. The molecule has 1 aromatic carbocycles. The van der Waals surface area contributed by atoms with Crippen LogP contribution < -0.4 is 16.6 Å². The smallest absolute Gasteiger partial charge is 0.259 e. The van der Waals surface area contributed by atoms with Crippen molar-refractivity contribution in [2.45, 2.75) is 0 Å². The molecule has 0 aliphatic rings. The van der Waals surface area contributed by atoms with E-state index in [1.54, 1.807) is 17.8 Å². The first-order chi connectivity index (χ1) is 9.78.